The van der Waals surface area contributed by atoms with Crippen molar-refractivity contribution in [3.63, 3.8) is 0 Å². The highest BCUT2D eigenvalue weighted by Gasteiger charge is 2.06. The zero-order valence-corrected chi connectivity index (χ0v) is 13.5. The Hall–Kier alpha value is -1.83. The number of carbonyl (C=O) groups is 2. The second-order valence-corrected chi connectivity index (χ2v) is 5.36. The third-order valence-corrected chi connectivity index (χ3v) is 3.37. The first-order valence-corrected chi connectivity index (χ1v) is 7.70. The number of ether oxygens (including phenoxy) is 1. The van der Waals surface area contributed by atoms with Gasteiger partial charge in [0.25, 0.3) is 0 Å². The van der Waals surface area contributed by atoms with E-state index in [9.17, 15) is 9.59 Å². The van der Waals surface area contributed by atoms with Crippen LogP contribution in [0.5, 0.6) is 0 Å². The van der Waals surface area contributed by atoms with Crippen LogP contribution in [0.25, 0.3) is 0 Å². The average Bonchev–Trinajstić information content (AvgIpc) is 2.89. The monoisotopic (exact) mass is 314 g/mol. The van der Waals surface area contributed by atoms with Crippen molar-refractivity contribution >= 4 is 28.5 Å². The minimum absolute atomic E-state index is 0.119. The van der Waals surface area contributed by atoms with Crippen molar-refractivity contribution in [3.05, 3.63) is 11.1 Å². The number of nitrogens with zero attached hydrogens (tertiary/aromatic N) is 2. The Kier molecular flexibility index (Phi) is 7.52. The summed E-state index contributed by atoms with van der Waals surface area (Å²) in [5.74, 6) is -0.202. The van der Waals surface area contributed by atoms with Gasteiger partial charge in [0.1, 0.15) is 0 Å². The Morgan fingerprint density at radius 2 is 2.14 bits per heavy atom. The molecule has 8 heteroatoms. The number of esters is 1. The van der Waals surface area contributed by atoms with Crippen molar-refractivity contribution in [3.8, 4) is 0 Å². The van der Waals surface area contributed by atoms with Gasteiger partial charge in [0.2, 0.25) is 0 Å². The number of carbonyl (C=O) groups excluding carboxylic acids is 2. The lowest BCUT2D eigenvalue weighted by molar-refractivity contribution is -0.143. The maximum Gasteiger partial charge on any atom is 0.316 e. The van der Waals surface area contributed by atoms with Crippen LogP contribution in [0.1, 0.15) is 19.0 Å². The second kappa shape index (κ2) is 9.17. The number of hydrogen-bond acceptors (Lipinski definition) is 6. The number of nitrogens with one attached hydrogen (secondary N) is 2. The van der Waals surface area contributed by atoms with Gasteiger partial charge in [-0.1, -0.05) is 0 Å². The standard InChI is InChI=1S/C13H22N4O3S/c1-4-20-11(18)6-5-10-9-21-12(16-10)14-7-8-15-13(19)17(2)3/h9H,4-8H2,1-3H3,(H,14,16)(H,15,19). The fourth-order valence-electron chi connectivity index (χ4n) is 1.46. The van der Waals surface area contributed by atoms with E-state index in [-0.39, 0.29) is 12.0 Å². The van der Waals surface area contributed by atoms with Gasteiger partial charge in [0.05, 0.1) is 18.7 Å². The molecule has 0 unspecified atom stereocenters. The lowest BCUT2D eigenvalue weighted by Gasteiger charge is -2.11. The molecule has 21 heavy (non-hydrogen) atoms. The highest BCUT2D eigenvalue weighted by Crippen LogP contribution is 2.16. The molecular weight excluding hydrogens is 292 g/mol. The number of aromatic nitrogens is 1. The fraction of sp³-hybridized carbons (Fsp3) is 0.615. The van der Waals surface area contributed by atoms with Crippen molar-refractivity contribution in [1.82, 2.24) is 15.2 Å². The zero-order chi connectivity index (χ0) is 15.7. The molecule has 1 rings (SSSR count). The molecule has 0 saturated heterocycles. The van der Waals surface area contributed by atoms with E-state index in [1.54, 1.807) is 21.0 Å². The molecule has 0 spiro atoms. The molecule has 118 valence electrons. The SMILES string of the molecule is CCOC(=O)CCc1csc(NCCNC(=O)N(C)C)n1. The summed E-state index contributed by atoms with van der Waals surface area (Å²) < 4.78 is 4.87. The van der Waals surface area contributed by atoms with Gasteiger partial charge >= 0.3 is 12.0 Å². The molecular formula is C13H22N4O3S. The number of amides is 2. The molecule has 0 bridgehead atoms. The van der Waals surface area contributed by atoms with Crippen LogP contribution in [-0.2, 0) is 16.0 Å². The van der Waals surface area contributed by atoms with Crippen molar-refractivity contribution in [2.45, 2.75) is 19.8 Å². The normalized spacial score (nSPS) is 10.0. The molecule has 0 atom stereocenters. The maximum atomic E-state index is 11.3. The Bertz CT molecular complexity index is 462. The molecule has 0 aromatic carbocycles. The lowest BCUT2D eigenvalue weighted by atomic mass is 10.2. The molecule has 0 saturated carbocycles. The van der Waals surface area contributed by atoms with Crippen LogP contribution >= 0.6 is 11.3 Å². The topological polar surface area (TPSA) is 83.6 Å². The quantitative estimate of drug-likeness (QED) is 0.558. The van der Waals surface area contributed by atoms with Gasteiger partial charge in [0.15, 0.2) is 5.13 Å². The van der Waals surface area contributed by atoms with Crippen molar-refractivity contribution in [2.24, 2.45) is 0 Å². The Labute approximate surface area is 128 Å². The molecule has 0 aliphatic rings. The maximum absolute atomic E-state index is 11.3. The third kappa shape index (κ3) is 6.94. The molecule has 1 aromatic rings. The van der Waals surface area contributed by atoms with Crippen LogP contribution in [0.15, 0.2) is 5.38 Å². The summed E-state index contributed by atoms with van der Waals surface area (Å²) in [6.45, 7) is 3.32. The summed E-state index contributed by atoms with van der Waals surface area (Å²) in [5.41, 5.74) is 0.868. The van der Waals surface area contributed by atoms with Crippen molar-refractivity contribution in [1.29, 1.82) is 0 Å². The van der Waals surface area contributed by atoms with Crippen LogP contribution in [-0.4, -0.2) is 55.7 Å². The minimum atomic E-state index is -0.202. The van der Waals surface area contributed by atoms with Crippen LogP contribution in [0, 0.1) is 0 Å². The van der Waals surface area contributed by atoms with Gasteiger partial charge in [-0.15, -0.1) is 11.3 Å². The van der Waals surface area contributed by atoms with E-state index >= 15 is 0 Å². The summed E-state index contributed by atoms with van der Waals surface area (Å²) >= 11 is 1.48. The average molecular weight is 314 g/mol. The second-order valence-electron chi connectivity index (χ2n) is 4.50. The number of anilines is 1. The fourth-order valence-corrected chi connectivity index (χ4v) is 2.24. The lowest BCUT2D eigenvalue weighted by Crippen LogP contribution is -2.37. The zero-order valence-electron chi connectivity index (χ0n) is 12.6. The molecule has 0 fully saturated rings. The van der Waals surface area contributed by atoms with E-state index in [1.807, 2.05) is 5.38 Å². The van der Waals surface area contributed by atoms with Crippen LogP contribution < -0.4 is 10.6 Å². The molecule has 7 nitrogen and oxygen atoms in total. The Balaban J connectivity index is 2.23. The molecule has 1 heterocycles. The van der Waals surface area contributed by atoms with Gasteiger partial charge in [-0.2, -0.15) is 0 Å². The molecule has 0 aliphatic heterocycles. The number of aryl methyl sites for hydroxylation is 1. The first-order valence-electron chi connectivity index (χ1n) is 6.82. The van der Waals surface area contributed by atoms with Gasteiger partial charge in [-0.05, 0) is 6.92 Å². The highest BCUT2D eigenvalue weighted by atomic mass is 32.1. The van der Waals surface area contributed by atoms with Crippen molar-refractivity contribution < 1.29 is 14.3 Å². The number of urea groups is 1. The van der Waals surface area contributed by atoms with Gasteiger partial charge in [0, 0.05) is 39.0 Å². The number of rotatable bonds is 8. The van der Waals surface area contributed by atoms with Crippen LogP contribution in [0.2, 0.25) is 0 Å². The van der Waals surface area contributed by atoms with Gasteiger partial charge in [-0.25, -0.2) is 9.78 Å². The summed E-state index contributed by atoms with van der Waals surface area (Å²) in [6.07, 6.45) is 0.921. The van der Waals surface area contributed by atoms with Gasteiger partial charge in [-0.3, -0.25) is 4.79 Å². The third-order valence-electron chi connectivity index (χ3n) is 2.53. The van der Waals surface area contributed by atoms with Gasteiger partial charge < -0.3 is 20.3 Å². The van der Waals surface area contributed by atoms with E-state index in [2.05, 4.69) is 15.6 Å². The first kappa shape index (κ1) is 17.2. The first-order chi connectivity index (χ1) is 10.0. The highest BCUT2D eigenvalue weighted by molar-refractivity contribution is 7.13. The van der Waals surface area contributed by atoms with Crippen LogP contribution in [0.4, 0.5) is 9.93 Å². The molecule has 2 N–H and O–H groups in total. The predicted octanol–water partition coefficient (Wildman–Crippen LogP) is 1.32. The Morgan fingerprint density at radius 1 is 1.38 bits per heavy atom. The van der Waals surface area contributed by atoms with E-state index in [4.69, 9.17) is 4.74 Å². The molecule has 0 radical (unpaired) electrons. The van der Waals surface area contributed by atoms with E-state index in [1.165, 1.54) is 16.2 Å². The van der Waals surface area contributed by atoms with Crippen molar-refractivity contribution in [2.75, 3.05) is 39.1 Å². The molecule has 1 aromatic heterocycles. The van der Waals surface area contributed by atoms with E-state index < -0.39 is 0 Å². The number of thiazole rings is 1. The smallest absolute Gasteiger partial charge is 0.316 e. The van der Waals surface area contributed by atoms with E-state index in [0.717, 1.165) is 10.8 Å². The Morgan fingerprint density at radius 3 is 2.81 bits per heavy atom. The largest absolute Gasteiger partial charge is 0.466 e. The molecule has 0 aliphatic carbocycles. The molecule has 2 amide bonds. The predicted molar refractivity (Wildman–Crippen MR) is 82.6 cm³/mol. The number of hydrogen-bond donors (Lipinski definition) is 2. The minimum Gasteiger partial charge on any atom is -0.466 e. The summed E-state index contributed by atoms with van der Waals surface area (Å²) in [4.78, 5) is 28.4. The summed E-state index contributed by atoms with van der Waals surface area (Å²) in [6, 6.07) is -0.119. The van der Waals surface area contributed by atoms with Crippen LogP contribution in [0.3, 0.4) is 0 Å². The summed E-state index contributed by atoms with van der Waals surface area (Å²) in [7, 11) is 3.39. The summed E-state index contributed by atoms with van der Waals surface area (Å²) in [5, 5.41) is 8.59. The van der Waals surface area contributed by atoms with E-state index in [0.29, 0.717) is 32.5 Å².